The molecule has 0 aliphatic carbocycles. The number of aryl methyl sites for hydroxylation is 2. The molecule has 0 radical (unpaired) electrons. The van der Waals surface area contributed by atoms with Gasteiger partial charge in [-0.2, -0.15) is 0 Å². The maximum Gasteiger partial charge on any atom is 0.112 e. The second kappa shape index (κ2) is 3.48. The Morgan fingerprint density at radius 1 is 1.29 bits per heavy atom. The lowest BCUT2D eigenvalue weighted by atomic mass is 10.2. The van der Waals surface area contributed by atoms with Crippen molar-refractivity contribution in [3.05, 3.63) is 33.9 Å². The van der Waals surface area contributed by atoms with E-state index in [0.29, 0.717) is 0 Å². The first kappa shape index (κ1) is 9.88. The lowest BCUT2D eigenvalue weighted by Gasteiger charge is -2.01. The zero-order valence-corrected chi connectivity index (χ0v) is 9.65. The molecular formula is C11H11Cl2N. The van der Waals surface area contributed by atoms with Crippen molar-refractivity contribution < 1.29 is 0 Å². The largest absolute Gasteiger partial charge is 0.332 e. The monoisotopic (exact) mass is 227 g/mol. The lowest BCUT2D eigenvalue weighted by molar-refractivity contribution is 0.796. The minimum absolute atomic E-state index is 0.772. The van der Waals surface area contributed by atoms with Crippen molar-refractivity contribution in [2.24, 2.45) is 0 Å². The van der Waals surface area contributed by atoms with E-state index in [2.05, 4.69) is 11.5 Å². The van der Waals surface area contributed by atoms with Crippen LogP contribution in [0.2, 0.25) is 10.2 Å². The first-order valence-electron chi connectivity index (χ1n) is 4.59. The molecule has 74 valence electrons. The SMILES string of the molecule is CCn1c(Cl)c(C)c2c(Cl)cccc21. The molecule has 2 aromatic rings. The number of hydrogen-bond donors (Lipinski definition) is 0. The third kappa shape index (κ3) is 1.23. The maximum absolute atomic E-state index is 6.21. The molecule has 2 rings (SSSR count). The Morgan fingerprint density at radius 2 is 2.00 bits per heavy atom. The molecule has 3 heteroatoms. The molecule has 1 aromatic heterocycles. The third-order valence-corrected chi connectivity index (χ3v) is 3.32. The van der Waals surface area contributed by atoms with Crippen LogP contribution in [0.4, 0.5) is 0 Å². The van der Waals surface area contributed by atoms with Crippen LogP contribution in [0.15, 0.2) is 18.2 Å². The first-order valence-corrected chi connectivity index (χ1v) is 5.35. The van der Waals surface area contributed by atoms with Gasteiger partial charge in [-0.05, 0) is 31.5 Å². The van der Waals surface area contributed by atoms with Crippen LogP contribution in [0.25, 0.3) is 10.9 Å². The van der Waals surface area contributed by atoms with Crippen LogP contribution < -0.4 is 0 Å². The van der Waals surface area contributed by atoms with Crippen molar-refractivity contribution in [2.75, 3.05) is 0 Å². The third-order valence-electron chi connectivity index (χ3n) is 2.52. The van der Waals surface area contributed by atoms with E-state index in [1.54, 1.807) is 0 Å². The van der Waals surface area contributed by atoms with Crippen molar-refractivity contribution >= 4 is 34.1 Å². The molecule has 0 fully saturated rings. The Hall–Kier alpha value is -0.660. The molecule has 0 amide bonds. The fourth-order valence-corrected chi connectivity index (χ4v) is 2.45. The predicted molar refractivity (Wildman–Crippen MR) is 62.4 cm³/mol. The van der Waals surface area contributed by atoms with Crippen LogP contribution in [0.1, 0.15) is 12.5 Å². The molecule has 0 atom stereocenters. The van der Waals surface area contributed by atoms with Gasteiger partial charge in [-0.3, -0.25) is 0 Å². The van der Waals surface area contributed by atoms with Gasteiger partial charge in [-0.1, -0.05) is 29.3 Å². The van der Waals surface area contributed by atoms with Crippen molar-refractivity contribution in [1.82, 2.24) is 4.57 Å². The van der Waals surface area contributed by atoms with E-state index in [4.69, 9.17) is 23.2 Å². The predicted octanol–water partition coefficient (Wildman–Crippen LogP) is 4.28. The molecule has 1 heterocycles. The van der Waals surface area contributed by atoms with Gasteiger partial charge in [0.2, 0.25) is 0 Å². The number of halogens is 2. The molecule has 0 aliphatic rings. The minimum Gasteiger partial charge on any atom is -0.332 e. The highest BCUT2D eigenvalue weighted by Gasteiger charge is 2.12. The molecular weight excluding hydrogens is 217 g/mol. The van der Waals surface area contributed by atoms with Crippen molar-refractivity contribution in [2.45, 2.75) is 20.4 Å². The zero-order chi connectivity index (χ0) is 10.3. The second-order valence-corrected chi connectivity index (χ2v) is 4.06. The number of aromatic nitrogens is 1. The Morgan fingerprint density at radius 3 is 2.64 bits per heavy atom. The topological polar surface area (TPSA) is 4.93 Å². The normalized spacial score (nSPS) is 11.1. The van der Waals surface area contributed by atoms with Gasteiger partial charge < -0.3 is 4.57 Å². The van der Waals surface area contributed by atoms with E-state index in [1.165, 1.54) is 0 Å². The minimum atomic E-state index is 0.772. The fourth-order valence-electron chi connectivity index (χ4n) is 1.83. The van der Waals surface area contributed by atoms with E-state index in [9.17, 15) is 0 Å². The smallest absolute Gasteiger partial charge is 0.112 e. The zero-order valence-electron chi connectivity index (χ0n) is 8.14. The summed E-state index contributed by atoms with van der Waals surface area (Å²) >= 11 is 12.3. The van der Waals surface area contributed by atoms with E-state index >= 15 is 0 Å². The second-order valence-electron chi connectivity index (χ2n) is 3.29. The van der Waals surface area contributed by atoms with Gasteiger partial charge in [-0.15, -0.1) is 0 Å². The van der Waals surface area contributed by atoms with Gasteiger partial charge >= 0.3 is 0 Å². The summed E-state index contributed by atoms with van der Waals surface area (Å²) in [6.45, 7) is 4.94. The average molecular weight is 228 g/mol. The van der Waals surface area contributed by atoms with Crippen LogP contribution in [-0.4, -0.2) is 4.57 Å². The van der Waals surface area contributed by atoms with E-state index in [1.807, 2.05) is 25.1 Å². The highest BCUT2D eigenvalue weighted by atomic mass is 35.5. The van der Waals surface area contributed by atoms with Gasteiger partial charge in [-0.25, -0.2) is 0 Å². The number of fused-ring (bicyclic) bond motifs is 1. The van der Waals surface area contributed by atoms with E-state index in [0.717, 1.165) is 33.2 Å². The summed E-state index contributed by atoms with van der Waals surface area (Å²) in [5, 5.41) is 2.63. The maximum atomic E-state index is 6.21. The molecule has 0 saturated heterocycles. The molecule has 14 heavy (non-hydrogen) atoms. The van der Waals surface area contributed by atoms with Gasteiger partial charge in [0.05, 0.1) is 10.5 Å². The van der Waals surface area contributed by atoms with E-state index < -0.39 is 0 Å². The molecule has 0 unspecified atom stereocenters. The Bertz CT molecular complexity index is 485. The summed E-state index contributed by atoms with van der Waals surface area (Å²) in [7, 11) is 0. The highest BCUT2D eigenvalue weighted by Crippen LogP contribution is 2.33. The van der Waals surface area contributed by atoms with E-state index in [-0.39, 0.29) is 0 Å². The lowest BCUT2D eigenvalue weighted by Crippen LogP contribution is -1.92. The van der Waals surface area contributed by atoms with Gasteiger partial charge in [0, 0.05) is 11.9 Å². The summed E-state index contributed by atoms with van der Waals surface area (Å²) in [4.78, 5) is 0. The quantitative estimate of drug-likeness (QED) is 0.686. The number of nitrogens with zero attached hydrogens (tertiary/aromatic N) is 1. The Balaban J connectivity index is 2.95. The van der Waals surface area contributed by atoms with Crippen molar-refractivity contribution in [1.29, 1.82) is 0 Å². The summed E-state index contributed by atoms with van der Waals surface area (Å²) < 4.78 is 2.07. The fraction of sp³-hybridized carbons (Fsp3) is 0.273. The highest BCUT2D eigenvalue weighted by molar-refractivity contribution is 6.38. The van der Waals surface area contributed by atoms with Crippen LogP contribution in [0, 0.1) is 6.92 Å². The van der Waals surface area contributed by atoms with Crippen LogP contribution >= 0.6 is 23.2 Å². The van der Waals surface area contributed by atoms with Crippen LogP contribution in [0.5, 0.6) is 0 Å². The average Bonchev–Trinajstić information content (AvgIpc) is 2.41. The first-order chi connectivity index (χ1) is 6.66. The molecule has 0 spiro atoms. The summed E-state index contributed by atoms with van der Waals surface area (Å²) in [6, 6.07) is 5.89. The Labute approximate surface area is 93.2 Å². The van der Waals surface area contributed by atoms with Gasteiger partial charge in [0.25, 0.3) is 0 Å². The molecule has 0 aliphatic heterocycles. The molecule has 1 nitrogen and oxygen atoms in total. The molecule has 0 bridgehead atoms. The molecule has 1 aromatic carbocycles. The molecule has 0 saturated carbocycles. The van der Waals surface area contributed by atoms with Crippen LogP contribution in [0.3, 0.4) is 0 Å². The van der Waals surface area contributed by atoms with Crippen LogP contribution in [-0.2, 0) is 6.54 Å². The number of hydrogen-bond acceptors (Lipinski definition) is 0. The number of benzene rings is 1. The van der Waals surface area contributed by atoms with Crippen molar-refractivity contribution in [3.63, 3.8) is 0 Å². The summed E-state index contributed by atoms with van der Waals surface area (Å²) in [5.74, 6) is 0. The van der Waals surface area contributed by atoms with Gasteiger partial charge in [0.15, 0.2) is 0 Å². The summed E-state index contributed by atoms with van der Waals surface area (Å²) in [5.41, 5.74) is 2.18. The van der Waals surface area contributed by atoms with Gasteiger partial charge in [0.1, 0.15) is 5.15 Å². The molecule has 0 N–H and O–H groups in total. The Kier molecular flexibility index (Phi) is 2.46. The summed E-state index contributed by atoms with van der Waals surface area (Å²) in [6.07, 6.45) is 0. The van der Waals surface area contributed by atoms with Crippen molar-refractivity contribution in [3.8, 4) is 0 Å². The standard InChI is InChI=1S/C11H11Cl2N/c1-3-14-9-6-4-5-8(12)10(9)7(2)11(14)13/h4-6H,3H2,1-2H3. The number of rotatable bonds is 1.